The maximum atomic E-state index is 3.99. The molecule has 0 aliphatic carbocycles. The first-order valence-electron chi connectivity index (χ1n) is 5.21. The summed E-state index contributed by atoms with van der Waals surface area (Å²) in [6.07, 6.45) is 2.24. The maximum absolute atomic E-state index is 3.99. The fraction of sp³-hybridized carbons (Fsp3) is 0.286. The molecule has 0 nitrogen and oxygen atoms in total. The summed E-state index contributed by atoms with van der Waals surface area (Å²) in [6, 6.07) is 10.5. The van der Waals surface area contributed by atoms with E-state index < -0.39 is 0 Å². The molecule has 0 amide bonds. The van der Waals surface area contributed by atoms with Gasteiger partial charge in [0, 0.05) is 4.90 Å². The summed E-state index contributed by atoms with van der Waals surface area (Å²) in [4.78, 5) is 1.35. The normalized spacial score (nSPS) is 9.93. The molecule has 0 N–H and O–H groups in total. The van der Waals surface area contributed by atoms with Crippen molar-refractivity contribution in [3.8, 4) is 0 Å². The van der Waals surface area contributed by atoms with Crippen molar-refractivity contribution in [2.24, 2.45) is 0 Å². The molecule has 1 heteroatoms. The third-order valence-electron chi connectivity index (χ3n) is 2.24. The highest BCUT2D eigenvalue weighted by Crippen LogP contribution is 2.20. The monoisotopic (exact) mass is 218 g/mol. The molecule has 0 aromatic heterocycles. The van der Waals surface area contributed by atoms with Crippen LogP contribution in [0.3, 0.4) is 0 Å². The van der Waals surface area contributed by atoms with Gasteiger partial charge in [0.05, 0.1) is 0 Å². The molecule has 0 fully saturated rings. The van der Waals surface area contributed by atoms with E-state index in [0.717, 1.165) is 17.7 Å². The summed E-state index contributed by atoms with van der Waals surface area (Å²) in [6.45, 7) is 9.90. The molecule has 0 aliphatic heterocycles. The average Bonchev–Trinajstić information content (AvgIpc) is 2.25. The molecule has 0 bridgehead atoms. The smallest absolute Gasteiger partial charge is 0.00719 e. The highest BCUT2D eigenvalue weighted by atomic mass is 32.2. The zero-order valence-electron chi connectivity index (χ0n) is 9.33. The molecule has 80 valence electrons. The third kappa shape index (κ3) is 4.89. The van der Waals surface area contributed by atoms with Crippen LogP contribution in [0.15, 0.2) is 59.5 Å². The molecule has 0 saturated carbocycles. The lowest BCUT2D eigenvalue weighted by Gasteiger charge is -2.04. The minimum atomic E-state index is 1.06. The Morgan fingerprint density at radius 1 is 1.20 bits per heavy atom. The van der Waals surface area contributed by atoms with Crippen molar-refractivity contribution < 1.29 is 0 Å². The Morgan fingerprint density at radius 2 is 1.87 bits per heavy atom. The SMILES string of the molecule is C=C(C)C(=C)CCCSc1ccccc1. The quantitative estimate of drug-likeness (QED) is 0.379. The van der Waals surface area contributed by atoms with Crippen LogP contribution in [-0.4, -0.2) is 5.75 Å². The second-order valence-electron chi connectivity index (χ2n) is 3.65. The summed E-state index contributed by atoms with van der Waals surface area (Å²) >= 11 is 1.90. The predicted octanol–water partition coefficient (Wildman–Crippen LogP) is 4.69. The summed E-state index contributed by atoms with van der Waals surface area (Å²) in [5.74, 6) is 1.15. The van der Waals surface area contributed by atoms with Crippen LogP contribution in [0.4, 0.5) is 0 Å². The van der Waals surface area contributed by atoms with Gasteiger partial charge in [-0.1, -0.05) is 42.5 Å². The van der Waals surface area contributed by atoms with Crippen molar-refractivity contribution in [1.82, 2.24) is 0 Å². The van der Waals surface area contributed by atoms with E-state index in [2.05, 4.69) is 37.4 Å². The second kappa shape index (κ2) is 6.52. The summed E-state index contributed by atoms with van der Waals surface area (Å²) < 4.78 is 0. The van der Waals surface area contributed by atoms with Gasteiger partial charge in [-0.3, -0.25) is 0 Å². The van der Waals surface area contributed by atoms with Gasteiger partial charge in [0.25, 0.3) is 0 Å². The number of rotatable bonds is 6. The van der Waals surface area contributed by atoms with E-state index in [9.17, 15) is 0 Å². The summed E-state index contributed by atoms with van der Waals surface area (Å²) in [7, 11) is 0. The molecule has 1 aromatic rings. The molecule has 1 rings (SSSR count). The number of thioether (sulfide) groups is 1. The van der Waals surface area contributed by atoms with Gasteiger partial charge < -0.3 is 0 Å². The van der Waals surface area contributed by atoms with Crippen LogP contribution in [-0.2, 0) is 0 Å². The Morgan fingerprint density at radius 3 is 2.47 bits per heavy atom. The fourth-order valence-corrected chi connectivity index (χ4v) is 2.08. The summed E-state index contributed by atoms with van der Waals surface area (Å²) in [5, 5.41) is 0. The lowest BCUT2D eigenvalue weighted by Crippen LogP contribution is -1.85. The minimum absolute atomic E-state index is 1.06. The molecule has 1 aromatic carbocycles. The number of hydrogen-bond acceptors (Lipinski definition) is 1. The summed E-state index contributed by atoms with van der Waals surface area (Å²) in [5.41, 5.74) is 2.29. The molecule has 15 heavy (non-hydrogen) atoms. The highest BCUT2D eigenvalue weighted by molar-refractivity contribution is 7.99. The Bertz CT molecular complexity index is 324. The molecule has 0 atom stereocenters. The third-order valence-corrected chi connectivity index (χ3v) is 3.34. The Kier molecular flexibility index (Phi) is 5.27. The first kappa shape index (κ1) is 12.1. The Labute approximate surface area is 97.1 Å². The first-order chi connectivity index (χ1) is 7.20. The van der Waals surface area contributed by atoms with E-state index in [0.29, 0.717) is 0 Å². The van der Waals surface area contributed by atoms with Gasteiger partial charge in [-0.2, -0.15) is 0 Å². The second-order valence-corrected chi connectivity index (χ2v) is 4.82. The standard InChI is InChI=1S/C14H18S/c1-12(2)13(3)8-7-11-15-14-9-5-4-6-10-14/h4-6,9-10H,1,3,7-8,11H2,2H3. The molecule has 0 spiro atoms. The molecule has 0 unspecified atom stereocenters. The van der Waals surface area contributed by atoms with E-state index >= 15 is 0 Å². The highest BCUT2D eigenvalue weighted by Gasteiger charge is 1.96. The lowest BCUT2D eigenvalue weighted by molar-refractivity contribution is 0.927. The van der Waals surface area contributed by atoms with Crippen LogP contribution in [0.5, 0.6) is 0 Å². The van der Waals surface area contributed by atoms with Crippen molar-refractivity contribution in [1.29, 1.82) is 0 Å². The van der Waals surface area contributed by atoms with Crippen molar-refractivity contribution in [2.75, 3.05) is 5.75 Å². The van der Waals surface area contributed by atoms with E-state index in [1.807, 2.05) is 24.8 Å². The molecule has 0 aliphatic rings. The largest absolute Gasteiger partial charge is 0.126 e. The van der Waals surface area contributed by atoms with Gasteiger partial charge in [0.15, 0.2) is 0 Å². The molecular formula is C14H18S. The van der Waals surface area contributed by atoms with Gasteiger partial charge in [0.1, 0.15) is 0 Å². The maximum Gasteiger partial charge on any atom is 0.00719 e. The molecular weight excluding hydrogens is 200 g/mol. The van der Waals surface area contributed by atoms with Crippen molar-refractivity contribution in [3.05, 3.63) is 54.6 Å². The average molecular weight is 218 g/mol. The topological polar surface area (TPSA) is 0 Å². The van der Waals surface area contributed by atoms with Gasteiger partial charge in [-0.15, -0.1) is 11.8 Å². The van der Waals surface area contributed by atoms with Crippen LogP contribution < -0.4 is 0 Å². The van der Waals surface area contributed by atoms with Crippen LogP contribution in [0.25, 0.3) is 0 Å². The van der Waals surface area contributed by atoms with Gasteiger partial charge in [-0.05, 0) is 37.7 Å². The Hall–Kier alpha value is -0.950. The molecule has 0 saturated heterocycles. The van der Waals surface area contributed by atoms with Gasteiger partial charge >= 0.3 is 0 Å². The zero-order chi connectivity index (χ0) is 11.1. The number of hydrogen-bond donors (Lipinski definition) is 0. The van der Waals surface area contributed by atoms with Crippen LogP contribution >= 0.6 is 11.8 Å². The number of allylic oxidation sites excluding steroid dienone is 2. The van der Waals surface area contributed by atoms with Crippen molar-refractivity contribution in [3.63, 3.8) is 0 Å². The lowest BCUT2D eigenvalue weighted by atomic mass is 10.1. The van der Waals surface area contributed by atoms with Crippen LogP contribution in [0, 0.1) is 0 Å². The van der Waals surface area contributed by atoms with E-state index in [1.54, 1.807) is 0 Å². The zero-order valence-corrected chi connectivity index (χ0v) is 10.1. The van der Waals surface area contributed by atoms with E-state index in [-0.39, 0.29) is 0 Å². The van der Waals surface area contributed by atoms with Gasteiger partial charge in [-0.25, -0.2) is 0 Å². The van der Waals surface area contributed by atoms with Crippen molar-refractivity contribution >= 4 is 11.8 Å². The van der Waals surface area contributed by atoms with Crippen molar-refractivity contribution in [2.45, 2.75) is 24.7 Å². The Balaban J connectivity index is 2.18. The molecule has 0 radical (unpaired) electrons. The number of benzene rings is 1. The van der Waals surface area contributed by atoms with E-state index in [1.165, 1.54) is 16.9 Å². The molecule has 0 heterocycles. The van der Waals surface area contributed by atoms with E-state index in [4.69, 9.17) is 0 Å². The van der Waals surface area contributed by atoms with Crippen LogP contribution in [0.2, 0.25) is 0 Å². The minimum Gasteiger partial charge on any atom is -0.126 e. The van der Waals surface area contributed by atoms with Crippen LogP contribution in [0.1, 0.15) is 19.8 Å². The predicted molar refractivity (Wildman–Crippen MR) is 70.4 cm³/mol. The fourth-order valence-electron chi connectivity index (χ4n) is 1.21. The van der Waals surface area contributed by atoms with Gasteiger partial charge in [0.2, 0.25) is 0 Å². The first-order valence-corrected chi connectivity index (χ1v) is 6.20.